The van der Waals surface area contributed by atoms with E-state index in [1.807, 2.05) is 6.92 Å². The average Bonchev–Trinajstić information content (AvgIpc) is 3.34. The molecule has 9 heteroatoms. The van der Waals surface area contributed by atoms with Crippen molar-refractivity contribution in [3.05, 3.63) is 41.9 Å². The predicted octanol–water partition coefficient (Wildman–Crippen LogP) is 2.18. The Morgan fingerprint density at radius 3 is 2.67 bits per heavy atom. The quantitative estimate of drug-likeness (QED) is 0.456. The standard InChI is InChI=1S/C24H29ClN2O6/c1-4-12-26(16-8-6-15(25)7-9-16)21(30)19-24-11-10-23(3,33-24)18(22(31)32-5-2)17(24)20(29)27(19)13-14-28/h4,6-9,17-19,28H,1,5,10-14H2,2-3H3/t17-,18-,19?,23+,24?/m0/s1. The number of carbonyl (C=O) groups excluding carboxylic acids is 3. The molecule has 3 saturated heterocycles. The van der Waals surface area contributed by atoms with Crippen LogP contribution in [0.2, 0.25) is 5.02 Å². The van der Waals surface area contributed by atoms with Gasteiger partial charge in [-0.25, -0.2) is 0 Å². The van der Waals surface area contributed by atoms with Crippen LogP contribution in [-0.2, 0) is 23.9 Å². The van der Waals surface area contributed by atoms with Crippen LogP contribution in [0.25, 0.3) is 0 Å². The van der Waals surface area contributed by atoms with Gasteiger partial charge in [-0.15, -0.1) is 6.58 Å². The number of esters is 1. The number of aliphatic hydroxyl groups is 1. The number of anilines is 1. The van der Waals surface area contributed by atoms with Gasteiger partial charge in [-0.1, -0.05) is 17.7 Å². The molecule has 1 aromatic carbocycles. The first kappa shape index (κ1) is 23.7. The van der Waals surface area contributed by atoms with Gasteiger partial charge in [-0.05, 0) is 51.0 Å². The highest BCUT2D eigenvalue weighted by atomic mass is 35.5. The highest BCUT2D eigenvalue weighted by molar-refractivity contribution is 6.30. The Morgan fingerprint density at radius 1 is 1.36 bits per heavy atom. The van der Waals surface area contributed by atoms with Crippen molar-refractivity contribution in [2.75, 3.05) is 31.2 Å². The number of fused-ring (bicyclic) bond motifs is 1. The van der Waals surface area contributed by atoms with Gasteiger partial charge in [0, 0.05) is 23.8 Å². The van der Waals surface area contributed by atoms with Gasteiger partial charge in [-0.3, -0.25) is 14.4 Å². The molecule has 0 radical (unpaired) electrons. The summed E-state index contributed by atoms with van der Waals surface area (Å²) < 4.78 is 11.8. The Hall–Kier alpha value is -2.42. The number of rotatable bonds is 8. The predicted molar refractivity (Wildman–Crippen MR) is 122 cm³/mol. The van der Waals surface area contributed by atoms with E-state index in [-0.39, 0.29) is 38.1 Å². The van der Waals surface area contributed by atoms with Crippen LogP contribution in [0.4, 0.5) is 5.69 Å². The van der Waals surface area contributed by atoms with Crippen LogP contribution in [0.5, 0.6) is 0 Å². The fourth-order valence-corrected chi connectivity index (χ4v) is 5.99. The normalized spacial score (nSPS) is 32.1. The lowest BCUT2D eigenvalue weighted by atomic mass is 9.66. The largest absolute Gasteiger partial charge is 0.466 e. The number of hydrogen-bond donors (Lipinski definition) is 1. The molecule has 1 spiro atoms. The van der Waals surface area contributed by atoms with Crippen molar-refractivity contribution in [2.24, 2.45) is 11.8 Å². The summed E-state index contributed by atoms with van der Waals surface area (Å²) in [7, 11) is 0. The van der Waals surface area contributed by atoms with Crippen LogP contribution < -0.4 is 4.90 Å². The van der Waals surface area contributed by atoms with E-state index in [1.165, 1.54) is 9.80 Å². The Morgan fingerprint density at radius 2 is 2.06 bits per heavy atom. The molecule has 3 heterocycles. The number of benzene rings is 1. The van der Waals surface area contributed by atoms with Crippen LogP contribution in [-0.4, -0.2) is 71.3 Å². The van der Waals surface area contributed by atoms with Crippen molar-refractivity contribution in [3.63, 3.8) is 0 Å². The van der Waals surface area contributed by atoms with Gasteiger partial charge in [0.25, 0.3) is 5.91 Å². The lowest BCUT2D eigenvalue weighted by Crippen LogP contribution is -2.56. The van der Waals surface area contributed by atoms with Crippen molar-refractivity contribution in [1.82, 2.24) is 4.90 Å². The first-order valence-corrected chi connectivity index (χ1v) is 11.6. The molecule has 1 N–H and O–H groups in total. The third kappa shape index (κ3) is 3.55. The first-order chi connectivity index (χ1) is 15.7. The molecule has 0 aromatic heterocycles. The topological polar surface area (TPSA) is 96.4 Å². The molecule has 3 aliphatic rings. The van der Waals surface area contributed by atoms with Crippen LogP contribution >= 0.6 is 11.6 Å². The number of halogens is 1. The first-order valence-electron chi connectivity index (χ1n) is 11.2. The number of carbonyl (C=O) groups is 3. The van der Waals surface area contributed by atoms with E-state index >= 15 is 0 Å². The van der Waals surface area contributed by atoms with Crippen molar-refractivity contribution in [2.45, 2.75) is 43.9 Å². The van der Waals surface area contributed by atoms with Gasteiger partial charge in [-0.2, -0.15) is 0 Å². The monoisotopic (exact) mass is 476 g/mol. The van der Waals surface area contributed by atoms with E-state index in [9.17, 15) is 19.5 Å². The van der Waals surface area contributed by atoms with Crippen molar-refractivity contribution in [1.29, 1.82) is 0 Å². The van der Waals surface area contributed by atoms with E-state index in [0.717, 1.165) is 0 Å². The van der Waals surface area contributed by atoms with E-state index in [4.69, 9.17) is 21.1 Å². The zero-order valence-corrected chi connectivity index (χ0v) is 19.6. The Kier molecular flexibility index (Phi) is 6.28. The number of ether oxygens (including phenoxy) is 2. The van der Waals surface area contributed by atoms with Gasteiger partial charge < -0.3 is 24.4 Å². The molecule has 3 fully saturated rings. The highest BCUT2D eigenvalue weighted by Crippen LogP contribution is 2.63. The van der Waals surface area contributed by atoms with Crippen molar-refractivity contribution < 1.29 is 29.0 Å². The van der Waals surface area contributed by atoms with Crippen LogP contribution in [0, 0.1) is 11.8 Å². The Balaban J connectivity index is 1.78. The van der Waals surface area contributed by atoms with E-state index < -0.39 is 35.0 Å². The van der Waals surface area contributed by atoms with Crippen molar-refractivity contribution in [3.8, 4) is 0 Å². The zero-order valence-electron chi connectivity index (χ0n) is 18.8. The molecule has 2 amide bonds. The van der Waals surface area contributed by atoms with Crippen LogP contribution in [0.15, 0.2) is 36.9 Å². The lowest BCUT2D eigenvalue weighted by Gasteiger charge is -2.36. The highest BCUT2D eigenvalue weighted by Gasteiger charge is 2.78. The average molecular weight is 477 g/mol. The molecule has 2 unspecified atom stereocenters. The summed E-state index contributed by atoms with van der Waals surface area (Å²) in [5.74, 6) is -2.85. The summed E-state index contributed by atoms with van der Waals surface area (Å²) in [6, 6.07) is 5.83. The minimum absolute atomic E-state index is 0.0361. The molecule has 0 saturated carbocycles. The molecule has 33 heavy (non-hydrogen) atoms. The summed E-state index contributed by atoms with van der Waals surface area (Å²) >= 11 is 6.03. The van der Waals surface area contributed by atoms with Gasteiger partial charge >= 0.3 is 5.97 Å². The maximum Gasteiger partial charge on any atom is 0.312 e. The molecule has 4 rings (SSSR count). The summed E-state index contributed by atoms with van der Waals surface area (Å²) in [6.07, 6.45) is 2.58. The molecule has 2 bridgehead atoms. The fourth-order valence-electron chi connectivity index (χ4n) is 5.86. The number of hydrogen-bond acceptors (Lipinski definition) is 6. The van der Waals surface area contributed by atoms with Crippen molar-refractivity contribution >= 4 is 35.1 Å². The maximum atomic E-state index is 14.1. The molecule has 3 aliphatic heterocycles. The van der Waals surface area contributed by atoms with E-state index in [0.29, 0.717) is 23.6 Å². The number of likely N-dealkylation sites (tertiary alicyclic amines) is 1. The van der Waals surface area contributed by atoms with Gasteiger partial charge in [0.05, 0.1) is 24.7 Å². The van der Waals surface area contributed by atoms with E-state index in [2.05, 4.69) is 6.58 Å². The summed E-state index contributed by atoms with van der Waals surface area (Å²) in [5.41, 5.74) is -1.46. The molecule has 1 aromatic rings. The minimum Gasteiger partial charge on any atom is -0.466 e. The van der Waals surface area contributed by atoms with Gasteiger partial charge in [0.2, 0.25) is 5.91 Å². The molecule has 178 valence electrons. The lowest BCUT2D eigenvalue weighted by molar-refractivity contribution is -0.159. The smallest absolute Gasteiger partial charge is 0.312 e. The minimum atomic E-state index is -1.17. The maximum absolute atomic E-state index is 14.1. The molecule has 8 nitrogen and oxygen atoms in total. The van der Waals surface area contributed by atoms with Gasteiger partial charge in [0.15, 0.2) is 0 Å². The van der Waals surface area contributed by atoms with Crippen LogP contribution in [0.1, 0.15) is 26.7 Å². The summed E-state index contributed by atoms with van der Waals surface area (Å²) in [5, 5.41) is 10.2. The summed E-state index contributed by atoms with van der Waals surface area (Å²) in [6.45, 7) is 7.33. The Labute approximate surface area is 198 Å². The molecule has 5 atom stereocenters. The third-order valence-electron chi connectivity index (χ3n) is 7.11. The number of aliphatic hydroxyl groups excluding tert-OH is 1. The third-order valence-corrected chi connectivity index (χ3v) is 7.36. The Bertz CT molecular complexity index is 968. The second-order valence-electron chi connectivity index (χ2n) is 8.95. The number of β-amino-alcohol motifs (C(OH)–C–C–N with tert-alkyl or cyclic N) is 1. The molecular formula is C24H29ClN2O6. The van der Waals surface area contributed by atoms with Gasteiger partial charge in [0.1, 0.15) is 17.6 Å². The number of nitrogens with zero attached hydrogens (tertiary/aromatic N) is 2. The SMILES string of the molecule is C=CCN(C(=O)C1N(CCO)C(=O)[C@@H]2[C@@H](C(=O)OCC)[C@@]3(C)CCC12O3)c1ccc(Cl)cc1. The zero-order chi connectivity index (χ0) is 24.0. The summed E-state index contributed by atoms with van der Waals surface area (Å²) in [4.78, 5) is 43.5. The van der Waals surface area contributed by atoms with E-state index in [1.54, 1.807) is 37.3 Å². The second-order valence-corrected chi connectivity index (χ2v) is 9.39. The van der Waals surface area contributed by atoms with Crippen LogP contribution in [0.3, 0.4) is 0 Å². The number of amides is 2. The fraction of sp³-hybridized carbons (Fsp3) is 0.542. The molecule has 0 aliphatic carbocycles. The second kappa shape index (κ2) is 8.74. The molecular weight excluding hydrogens is 448 g/mol.